The maximum atomic E-state index is 11.8. The smallest absolute Gasteiger partial charge is 0.267 e. The Balaban J connectivity index is 1.99. The molecular weight excluding hydrogens is 222 g/mol. The van der Waals surface area contributed by atoms with Crippen LogP contribution in [0.15, 0.2) is 35.4 Å². The van der Waals surface area contributed by atoms with Gasteiger partial charge in [0.1, 0.15) is 0 Å². The van der Waals surface area contributed by atoms with E-state index in [1.165, 1.54) is 11.9 Å². The number of carbonyl (C=O) groups is 1. The van der Waals surface area contributed by atoms with E-state index in [1.54, 1.807) is 10.6 Å². The fraction of sp³-hybridized carbons (Fsp3) is 0.182. The van der Waals surface area contributed by atoms with Gasteiger partial charge in [0.05, 0.1) is 0 Å². The number of nitrogens with zero attached hydrogens (tertiary/aromatic N) is 1. The van der Waals surface area contributed by atoms with Gasteiger partial charge in [0.15, 0.2) is 0 Å². The number of hydrazine groups is 2. The summed E-state index contributed by atoms with van der Waals surface area (Å²) in [5, 5.41) is 0. The van der Waals surface area contributed by atoms with Crippen LogP contribution in [0.25, 0.3) is 0 Å². The highest BCUT2D eigenvalue weighted by atomic mass is 32.2. The minimum absolute atomic E-state index is 0.119. The number of amides is 1. The Kier molecular flexibility index (Phi) is 3.17. The van der Waals surface area contributed by atoms with Crippen molar-refractivity contribution in [3.8, 4) is 0 Å². The summed E-state index contributed by atoms with van der Waals surface area (Å²) in [5.41, 5.74) is 7.40. The molecule has 84 valence electrons. The molecule has 2 N–H and O–H groups in total. The SMILES string of the molecule is CC1=CNN(NC(=O)c2cccc(C)c2)S1. The van der Waals surface area contributed by atoms with Crippen LogP contribution < -0.4 is 10.9 Å². The van der Waals surface area contributed by atoms with Gasteiger partial charge in [-0.15, -0.1) is 0 Å². The van der Waals surface area contributed by atoms with Crippen molar-refractivity contribution >= 4 is 17.9 Å². The van der Waals surface area contributed by atoms with E-state index < -0.39 is 0 Å². The lowest BCUT2D eigenvalue weighted by Crippen LogP contribution is -2.41. The van der Waals surface area contributed by atoms with E-state index >= 15 is 0 Å². The normalized spacial score (nSPS) is 15.5. The van der Waals surface area contributed by atoms with Crippen LogP contribution in [-0.4, -0.2) is 10.4 Å². The summed E-state index contributed by atoms with van der Waals surface area (Å²) in [7, 11) is 0. The molecule has 1 aromatic carbocycles. The van der Waals surface area contributed by atoms with Gasteiger partial charge in [-0.1, -0.05) is 22.2 Å². The van der Waals surface area contributed by atoms with Crippen molar-refractivity contribution < 1.29 is 4.79 Å². The van der Waals surface area contributed by atoms with Crippen molar-refractivity contribution in [2.24, 2.45) is 0 Å². The number of nitrogens with one attached hydrogen (secondary N) is 2. The lowest BCUT2D eigenvalue weighted by atomic mass is 10.1. The number of rotatable bonds is 2. The highest BCUT2D eigenvalue weighted by Gasteiger charge is 2.15. The van der Waals surface area contributed by atoms with Gasteiger partial charge in [0.25, 0.3) is 5.91 Å². The van der Waals surface area contributed by atoms with Crippen molar-refractivity contribution in [1.29, 1.82) is 0 Å². The van der Waals surface area contributed by atoms with E-state index in [0.717, 1.165) is 10.5 Å². The van der Waals surface area contributed by atoms with E-state index in [1.807, 2.05) is 38.2 Å². The molecule has 1 aromatic rings. The molecule has 4 nitrogen and oxygen atoms in total. The Morgan fingerprint density at radius 1 is 1.44 bits per heavy atom. The second-order valence-electron chi connectivity index (χ2n) is 3.58. The molecule has 5 heteroatoms. The number of hydrogen-bond acceptors (Lipinski definition) is 4. The van der Waals surface area contributed by atoms with Gasteiger partial charge in [-0.2, -0.15) is 0 Å². The summed E-state index contributed by atoms with van der Waals surface area (Å²) in [4.78, 5) is 12.9. The monoisotopic (exact) mass is 235 g/mol. The van der Waals surface area contributed by atoms with Gasteiger partial charge in [-0.25, -0.2) is 0 Å². The van der Waals surface area contributed by atoms with Crippen LogP contribution in [0.1, 0.15) is 22.8 Å². The molecule has 0 saturated carbocycles. The average Bonchev–Trinajstić information content (AvgIpc) is 2.64. The van der Waals surface area contributed by atoms with Crippen LogP contribution in [0.4, 0.5) is 0 Å². The number of benzene rings is 1. The molecule has 2 rings (SSSR count). The van der Waals surface area contributed by atoms with E-state index in [9.17, 15) is 4.79 Å². The first-order chi connectivity index (χ1) is 7.65. The Morgan fingerprint density at radius 3 is 2.88 bits per heavy atom. The molecule has 1 heterocycles. The van der Waals surface area contributed by atoms with Gasteiger partial charge in [0, 0.05) is 16.7 Å². The standard InChI is InChI=1S/C11H13N3OS/c1-8-4-3-5-10(6-8)11(15)13-14-12-7-9(2)16-14/h3-7,12H,1-2H3,(H,13,15). The first kappa shape index (κ1) is 11.0. The zero-order valence-electron chi connectivity index (χ0n) is 9.15. The number of aryl methyl sites for hydroxylation is 1. The molecule has 0 aliphatic carbocycles. The van der Waals surface area contributed by atoms with E-state index in [0.29, 0.717) is 5.56 Å². The first-order valence-corrected chi connectivity index (χ1v) is 5.71. The van der Waals surface area contributed by atoms with Crippen LogP contribution >= 0.6 is 11.9 Å². The van der Waals surface area contributed by atoms with Crippen LogP contribution in [0.3, 0.4) is 0 Å². The molecular formula is C11H13N3OS. The van der Waals surface area contributed by atoms with Crippen molar-refractivity contribution in [3.05, 3.63) is 46.5 Å². The highest BCUT2D eigenvalue weighted by molar-refractivity contribution is 8.00. The molecule has 0 saturated heterocycles. The van der Waals surface area contributed by atoms with Crippen molar-refractivity contribution in [2.45, 2.75) is 13.8 Å². The molecule has 0 radical (unpaired) electrons. The van der Waals surface area contributed by atoms with Crippen LogP contribution in [0.2, 0.25) is 0 Å². The third-order valence-corrected chi connectivity index (χ3v) is 2.89. The lowest BCUT2D eigenvalue weighted by Gasteiger charge is -2.15. The molecule has 1 aliphatic rings. The molecule has 0 aromatic heterocycles. The van der Waals surface area contributed by atoms with E-state index in [2.05, 4.69) is 10.9 Å². The van der Waals surface area contributed by atoms with Gasteiger partial charge in [-0.05, 0) is 37.9 Å². The first-order valence-electron chi connectivity index (χ1n) is 4.94. The van der Waals surface area contributed by atoms with E-state index in [4.69, 9.17) is 0 Å². The minimum atomic E-state index is -0.119. The third kappa shape index (κ3) is 2.56. The van der Waals surface area contributed by atoms with E-state index in [-0.39, 0.29) is 5.91 Å². The Bertz CT molecular complexity index is 445. The van der Waals surface area contributed by atoms with Gasteiger partial charge in [0.2, 0.25) is 0 Å². The van der Waals surface area contributed by atoms with Crippen molar-refractivity contribution in [3.63, 3.8) is 0 Å². The summed E-state index contributed by atoms with van der Waals surface area (Å²) in [6.07, 6.45) is 1.83. The topological polar surface area (TPSA) is 44.4 Å². The summed E-state index contributed by atoms with van der Waals surface area (Å²) < 4.78 is 1.58. The Hall–Kier alpha value is -1.46. The quantitative estimate of drug-likeness (QED) is 0.769. The second kappa shape index (κ2) is 4.59. The number of allylic oxidation sites excluding steroid dienone is 1. The molecule has 0 bridgehead atoms. The second-order valence-corrected chi connectivity index (χ2v) is 4.77. The lowest BCUT2D eigenvalue weighted by molar-refractivity contribution is 0.0871. The minimum Gasteiger partial charge on any atom is -0.298 e. The van der Waals surface area contributed by atoms with Gasteiger partial charge < -0.3 is 0 Å². The van der Waals surface area contributed by atoms with Crippen LogP contribution in [0.5, 0.6) is 0 Å². The molecule has 1 aliphatic heterocycles. The summed E-state index contributed by atoms with van der Waals surface area (Å²) in [6.45, 7) is 3.93. The Morgan fingerprint density at radius 2 is 2.25 bits per heavy atom. The van der Waals surface area contributed by atoms with Crippen molar-refractivity contribution in [2.75, 3.05) is 0 Å². The van der Waals surface area contributed by atoms with Crippen LogP contribution in [0, 0.1) is 6.92 Å². The summed E-state index contributed by atoms with van der Waals surface area (Å²) >= 11 is 1.44. The van der Waals surface area contributed by atoms with Gasteiger partial charge in [-0.3, -0.25) is 15.6 Å². The fourth-order valence-electron chi connectivity index (χ4n) is 1.34. The molecule has 0 spiro atoms. The largest absolute Gasteiger partial charge is 0.298 e. The predicted molar refractivity (Wildman–Crippen MR) is 65.0 cm³/mol. The third-order valence-electron chi connectivity index (χ3n) is 2.10. The van der Waals surface area contributed by atoms with Crippen molar-refractivity contribution in [1.82, 2.24) is 15.4 Å². The summed E-state index contributed by atoms with van der Waals surface area (Å²) in [6, 6.07) is 7.49. The Labute approximate surface area is 98.8 Å². The molecule has 1 amide bonds. The zero-order chi connectivity index (χ0) is 11.5. The zero-order valence-corrected chi connectivity index (χ0v) is 9.97. The predicted octanol–water partition coefficient (Wildman–Crippen LogP) is 1.97. The highest BCUT2D eigenvalue weighted by Crippen LogP contribution is 2.21. The number of hydrogen-bond donors (Lipinski definition) is 2. The maximum absolute atomic E-state index is 11.8. The average molecular weight is 235 g/mol. The van der Waals surface area contributed by atoms with Crippen LogP contribution in [-0.2, 0) is 0 Å². The number of carbonyl (C=O) groups excluding carboxylic acids is 1. The maximum Gasteiger partial charge on any atom is 0.267 e. The molecule has 0 atom stereocenters. The fourth-order valence-corrected chi connectivity index (χ4v) is 1.97. The molecule has 16 heavy (non-hydrogen) atoms. The van der Waals surface area contributed by atoms with Gasteiger partial charge >= 0.3 is 0 Å². The molecule has 0 fully saturated rings. The summed E-state index contributed by atoms with van der Waals surface area (Å²) in [5.74, 6) is -0.119. The molecule has 0 unspecified atom stereocenters.